The van der Waals surface area contributed by atoms with Crippen molar-refractivity contribution in [3.8, 4) is 11.5 Å². The molecular formula is C11H15NO2S. The molecule has 3 nitrogen and oxygen atoms in total. The standard InChI is InChI=1S/C11H15NO2S/c12-3-6-15-8-9-1-2-10-11(7-9)14-5-4-13-10/h1-2,7H,3-6,8,12H2. The Morgan fingerprint density at radius 1 is 1.20 bits per heavy atom. The van der Waals surface area contributed by atoms with E-state index in [4.69, 9.17) is 15.2 Å². The Balaban J connectivity index is 2.00. The number of nitrogens with two attached hydrogens (primary N) is 1. The van der Waals surface area contributed by atoms with Crippen LogP contribution >= 0.6 is 11.8 Å². The highest BCUT2D eigenvalue weighted by molar-refractivity contribution is 7.98. The third-order valence-corrected chi connectivity index (χ3v) is 3.20. The Hall–Kier alpha value is -0.870. The third-order valence-electron chi connectivity index (χ3n) is 2.14. The van der Waals surface area contributed by atoms with Crippen LogP contribution in [0.4, 0.5) is 0 Å². The molecule has 0 saturated heterocycles. The van der Waals surface area contributed by atoms with Gasteiger partial charge in [-0.15, -0.1) is 0 Å². The van der Waals surface area contributed by atoms with Crippen molar-refractivity contribution >= 4 is 11.8 Å². The zero-order valence-electron chi connectivity index (χ0n) is 8.57. The van der Waals surface area contributed by atoms with Crippen LogP contribution in [0.25, 0.3) is 0 Å². The van der Waals surface area contributed by atoms with Crippen molar-refractivity contribution in [2.24, 2.45) is 5.73 Å². The first-order valence-electron chi connectivity index (χ1n) is 5.06. The summed E-state index contributed by atoms with van der Waals surface area (Å²) in [6.45, 7) is 2.02. The van der Waals surface area contributed by atoms with Crippen molar-refractivity contribution in [1.82, 2.24) is 0 Å². The lowest BCUT2D eigenvalue weighted by atomic mass is 10.2. The van der Waals surface area contributed by atoms with E-state index in [1.54, 1.807) is 0 Å². The number of rotatable bonds is 4. The second-order valence-electron chi connectivity index (χ2n) is 3.32. The lowest BCUT2D eigenvalue weighted by molar-refractivity contribution is 0.171. The Kier molecular flexibility index (Phi) is 3.75. The van der Waals surface area contributed by atoms with E-state index >= 15 is 0 Å². The molecule has 0 amide bonds. The summed E-state index contributed by atoms with van der Waals surface area (Å²) < 4.78 is 11.0. The minimum Gasteiger partial charge on any atom is -0.486 e. The Morgan fingerprint density at radius 2 is 2.00 bits per heavy atom. The lowest BCUT2D eigenvalue weighted by Crippen LogP contribution is -2.15. The predicted molar refractivity (Wildman–Crippen MR) is 62.6 cm³/mol. The van der Waals surface area contributed by atoms with Crippen molar-refractivity contribution in [3.05, 3.63) is 23.8 Å². The molecule has 2 N–H and O–H groups in total. The molecule has 0 unspecified atom stereocenters. The summed E-state index contributed by atoms with van der Waals surface area (Å²) in [6.07, 6.45) is 0. The fraction of sp³-hybridized carbons (Fsp3) is 0.455. The number of hydrogen-bond acceptors (Lipinski definition) is 4. The Labute approximate surface area is 93.9 Å². The van der Waals surface area contributed by atoms with E-state index in [-0.39, 0.29) is 0 Å². The van der Waals surface area contributed by atoms with Crippen LogP contribution < -0.4 is 15.2 Å². The normalized spacial score (nSPS) is 13.9. The van der Waals surface area contributed by atoms with E-state index in [0.29, 0.717) is 13.2 Å². The van der Waals surface area contributed by atoms with Gasteiger partial charge in [0, 0.05) is 18.1 Å². The SMILES string of the molecule is NCCSCc1ccc2c(c1)OCCO2. The molecule has 4 heteroatoms. The summed E-state index contributed by atoms with van der Waals surface area (Å²) in [5, 5.41) is 0. The van der Waals surface area contributed by atoms with Gasteiger partial charge in [0.25, 0.3) is 0 Å². The highest BCUT2D eigenvalue weighted by Gasteiger charge is 2.11. The maximum Gasteiger partial charge on any atom is 0.161 e. The van der Waals surface area contributed by atoms with Crippen molar-refractivity contribution < 1.29 is 9.47 Å². The number of hydrogen-bond donors (Lipinski definition) is 1. The summed E-state index contributed by atoms with van der Waals surface area (Å²) in [6, 6.07) is 6.11. The fourth-order valence-electron chi connectivity index (χ4n) is 1.45. The van der Waals surface area contributed by atoms with Gasteiger partial charge in [-0.25, -0.2) is 0 Å². The first-order chi connectivity index (χ1) is 7.40. The van der Waals surface area contributed by atoms with Gasteiger partial charge < -0.3 is 15.2 Å². The molecule has 0 aliphatic carbocycles. The zero-order valence-corrected chi connectivity index (χ0v) is 9.39. The molecule has 0 radical (unpaired) electrons. The van der Waals surface area contributed by atoms with Crippen molar-refractivity contribution in [1.29, 1.82) is 0 Å². The number of fused-ring (bicyclic) bond motifs is 1. The molecule has 82 valence electrons. The van der Waals surface area contributed by atoms with Crippen LogP contribution in [0, 0.1) is 0 Å². The molecule has 0 fully saturated rings. The van der Waals surface area contributed by atoms with E-state index in [1.807, 2.05) is 17.8 Å². The third kappa shape index (κ3) is 2.79. The van der Waals surface area contributed by atoms with Gasteiger partial charge in [0.2, 0.25) is 0 Å². The van der Waals surface area contributed by atoms with E-state index in [2.05, 4.69) is 12.1 Å². The average molecular weight is 225 g/mol. The summed E-state index contributed by atoms with van der Waals surface area (Å²) >= 11 is 1.84. The van der Waals surface area contributed by atoms with E-state index in [0.717, 1.165) is 29.5 Å². The molecule has 1 heterocycles. The quantitative estimate of drug-likeness (QED) is 0.791. The molecule has 0 aromatic heterocycles. The van der Waals surface area contributed by atoms with Gasteiger partial charge in [0.05, 0.1) is 0 Å². The molecule has 15 heavy (non-hydrogen) atoms. The summed E-state index contributed by atoms with van der Waals surface area (Å²) in [5.74, 6) is 3.70. The van der Waals surface area contributed by atoms with Crippen LogP contribution in [0.5, 0.6) is 11.5 Å². The van der Waals surface area contributed by atoms with Gasteiger partial charge in [-0.05, 0) is 17.7 Å². The number of thioether (sulfide) groups is 1. The van der Waals surface area contributed by atoms with Crippen molar-refractivity contribution in [3.63, 3.8) is 0 Å². The summed E-state index contributed by atoms with van der Waals surface area (Å²) in [5.41, 5.74) is 6.70. The molecule has 2 rings (SSSR count). The van der Waals surface area contributed by atoms with Crippen LogP contribution in [0.15, 0.2) is 18.2 Å². The first kappa shape index (κ1) is 10.6. The van der Waals surface area contributed by atoms with Crippen LogP contribution in [0.2, 0.25) is 0 Å². The van der Waals surface area contributed by atoms with E-state index in [1.165, 1.54) is 5.56 Å². The zero-order chi connectivity index (χ0) is 10.5. The number of ether oxygens (including phenoxy) is 2. The lowest BCUT2D eigenvalue weighted by Gasteiger charge is -2.18. The molecule has 0 bridgehead atoms. The van der Waals surface area contributed by atoms with Crippen LogP contribution in [-0.2, 0) is 5.75 Å². The van der Waals surface area contributed by atoms with Gasteiger partial charge in [0.1, 0.15) is 13.2 Å². The average Bonchev–Trinajstić information content (AvgIpc) is 2.29. The van der Waals surface area contributed by atoms with Gasteiger partial charge in [-0.1, -0.05) is 6.07 Å². The monoisotopic (exact) mass is 225 g/mol. The maximum absolute atomic E-state index is 5.51. The summed E-state index contributed by atoms with van der Waals surface area (Å²) in [4.78, 5) is 0. The predicted octanol–water partition coefficient (Wildman–Crippen LogP) is 1.65. The minimum atomic E-state index is 0.645. The van der Waals surface area contributed by atoms with E-state index in [9.17, 15) is 0 Å². The van der Waals surface area contributed by atoms with Gasteiger partial charge in [-0.3, -0.25) is 0 Å². The highest BCUT2D eigenvalue weighted by Crippen LogP contribution is 2.31. The molecule has 1 aliphatic rings. The van der Waals surface area contributed by atoms with Crippen LogP contribution in [0.1, 0.15) is 5.56 Å². The van der Waals surface area contributed by atoms with E-state index < -0.39 is 0 Å². The molecule has 0 saturated carbocycles. The van der Waals surface area contributed by atoms with Gasteiger partial charge in [-0.2, -0.15) is 11.8 Å². The van der Waals surface area contributed by atoms with Crippen LogP contribution in [0.3, 0.4) is 0 Å². The smallest absolute Gasteiger partial charge is 0.161 e. The molecule has 1 aromatic carbocycles. The highest BCUT2D eigenvalue weighted by atomic mass is 32.2. The first-order valence-corrected chi connectivity index (χ1v) is 6.22. The molecular weight excluding hydrogens is 210 g/mol. The molecule has 1 aromatic rings. The second-order valence-corrected chi connectivity index (χ2v) is 4.42. The van der Waals surface area contributed by atoms with Gasteiger partial charge >= 0.3 is 0 Å². The van der Waals surface area contributed by atoms with Crippen molar-refractivity contribution in [2.75, 3.05) is 25.5 Å². The Bertz CT molecular complexity index is 330. The van der Waals surface area contributed by atoms with Gasteiger partial charge in [0.15, 0.2) is 11.5 Å². The molecule has 1 aliphatic heterocycles. The number of benzene rings is 1. The molecule has 0 atom stereocenters. The largest absolute Gasteiger partial charge is 0.486 e. The summed E-state index contributed by atoms with van der Waals surface area (Å²) in [7, 11) is 0. The maximum atomic E-state index is 5.51. The van der Waals surface area contributed by atoms with Crippen LogP contribution in [-0.4, -0.2) is 25.5 Å². The topological polar surface area (TPSA) is 44.5 Å². The minimum absolute atomic E-state index is 0.645. The van der Waals surface area contributed by atoms with Crippen molar-refractivity contribution in [2.45, 2.75) is 5.75 Å². The Morgan fingerprint density at radius 3 is 2.80 bits per heavy atom. The fourth-order valence-corrected chi connectivity index (χ4v) is 2.18. The second kappa shape index (κ2) is 5.28. The molecule has 0 spiro atoms.